The fourth-order valence-electron chi connectivity index (χ4n) is 4.06. The lowest BCUT2D eigenvalue weighted by Gasteiger charge is -2.29. The maximum Gasteiger partial charge on any atom is 0.344 e. The topological polar surface area (TPSA) is 122 Å². The van der Waals surface area contributed by atoms with Gasteiger partial charge < -0.3 is 14.2 Å². The molecule has 26 heavy (non-hydrogen) atoms. The number of methoxy groups -OCH3 is 1. The quantitative estimate of drug-likeness (QED) is 0.136. The summed E-state index contributed by atoms with van der Waals surface area (Å²) in [6, 6.07) is 0. The van der Waals surface area contributed by atoms with E-state index in [1.165, 1.54) is 7.11 Å². The van der Waals surface area contributed by atoms with Crippen LogP contribution in [0.3, 0.4) is 0 Å². The van der Waals surface area contributed by atoms with Crippen LogP contribution < -0.4 is 0 Å². The SMILES string of the molecule is COC(=O)C1C2CC3C(OS(=O)(=O)C31)C2OC(=O)COC(=O)C(I)CI. The van der Waals surface area contributed by atoms with E-state index in [1.807, 2.05) is 45.2 Å². The molecule has 0 spiro atoms. The minimum atomic E-state index is -3.92. The van der Waals surface area contributed by atoms with Crippen LogP contribution in [0.2, 0.25) is 0 Å². The van der Waals surface area contributed by atoms with Crippen LogP contribution in [0.15, 0.2) is 0 Å². The first-order chi connectivity index (χ1) is 12.2. The van der Waals surface area contributed by atoms with Gasteiger partial charge in [-0.3, -0.25) is 13.8 Å². The van der Waals surface area contributed by atoms with Crippen molar-refractivity contribution in [3.63, 3.8) is 0 Å². The fraction of sp³-hybridized carbons (Fsp3) is 0.786. The molecule has 1 heterocycles. The second kappa shape index (κ2) is 7.66. The van der Waals surface area contributed by atoms with E-state index in [1.54, 1.807) is 0 Å². The molecule has 0 N–H and O–H groups in total. The molecule has 3 fully saturated rings. The van der Waals surface area contributed by atoms with Crippen molar-refractivity contribution >= 4 is 73.2 Å². The number of alkyl halides is 2. The first-order valence-corrected chi connectivity index (χ1v) is 12.0. The van der Waals surface area contributed by atoms with Gasteiger partial charge in [0.25, 0.3) is 10.1 Å². The van der Waals surface area contributed by atoms with Crippen LogP contribution in [0.25, 0.3) is 0 Å². The molecule has 12 heteroatoms. The van der Waals surface area contributed by atoms with Gasteiger partial charge >= 0.3 is 17.9 Å². The second-order valence-corrected chi connectivity index (χ2v) is 10.4. The maximum absolute atomic E-state index is 12.2. The fourth-order valence-corrected chi connectivity index (χ4v) is 6.66. The molecular formula is C14H16I2O9S. The van der Waals surface area contributed by atoms with Gasteiger partial charge in [0, 0.05) is 16.3 Å². The van der Waals surface area contributed by atoms with Crippen LogP contribution in [-0.4, -0.2) is 65.9 Å². The Morgan fingerprint density at radius 1 is 1.27 bits per heavy atom. The van der Waals surface area contributed by atoms with Crippen LogP contribution in [-0.2, 0) is 42.9 Å². The Morgan fingerprint density at radius 2 is 1.96 bits per heavy atom. The van der Waals surface area contributed by atoms with Gasteiger partial charge in [-0.05, 0) is 6.42 Å². The van der Waals surface area contributed by atoms with Gasteiger partial charge in [0.15, 0.2) is 6.61 Å². The highest BCUT2D eigenvalue weighted by Gasteiger charge is 2.72. The lowest BCUT2D eigenvalue weighted by atomic mass is 9.84. The van der Waals surface area contributed by atoms with E-state index >= 15 is 0 Å². The Bertz CT molecular complexity index is 724. The van der Waals surface area contributed by atoms with Gasteiger partial charge in [0.2, 0.25) is 0 Å². The molecule has 1 aliphatic heterocycles. The zero-order chi connectivity index (χ0) is 19.2. The number of hydrogen-bond acceptors (Lipinski definition) is 9. The number of rotatable bonds is 6. The number of carbonyl (C=O) groups excluding carboxylic acids is 3. The minimum absolute atomic E-state index is 0.378. The lowest BCUT2D eigenvalue weighted by molar-refractivity contribution is -0.170. The summed E-state index contributed by atoms with van der Waals surface area (Å²) in [4.78, 5) is 35.8. The first-order valence-electron chi connectivity index (χ1n) is 7.77. The van der Waals surface area contributed by atoms with Crippen molar-refractivity contribution in [1.82, 2.24) is 0 Å². The monoisotopic (exact) mass is 614 g/mol. The molecule has 3 aliphatic rings. The molecule has 0 radical (unpaired) electrons. The molecule has 3 rings (SSSR count). The van der Waals surface area contributed by atoms with E-state index in [0.29, 0.717) is 10.8 Å². The van der Waals surface area contributed by atoms with Crippen molar-refractivity contribution in [2.45, 2.75) is 27.8 Å². The Balaban J connectivity index is 1.69. The summed E-state index contributed by atoms with van der Waals surface area (Å²) in [6.07, 6.45) is -1.29. The van der Waals surface area contributed by atoms with Gasteiger partial charge in [0.05, 0.1) is 13.0 Å². The second-order valence-electron chi connectivity index (χ2n) is 6.31. The third kappa shape index (κ3) is 3.45. The Labute approximate surface area is 177 Å². The molecule has 146 valence electrons. The average molecular weight is 614 g/mol. The zero-order valence-electron chi connectivity index (χ0n) is 13.5. The summed E-state index contributed by atoms with van der Waals surface area (Å²) >= 11 is 3.93. The predicted octanol–water partition coefficient (Wildman–Crippen LogP) is 0.216. The molecule has 0 aromatic rings. The van der Waals surface area contributed by atoms with E-state index in [-0.39, 0.29) is 3.92 Å². The van der Waals surface area contributed by atoms with Crippen molar-refractivity contribution in [3.8, 4) is 0 Å². The van der Waals surface area contributed by atoms with Crippen LogP contribution in [0, 0.1) is 17.8 Å². The first kappa shape index (κ1) is 20.5. The maximum atomic E-state index is 12.2. The van der Waals surface area contributed by atoms with Crippen LogP contribution >= 0.6 is 45.2 Å². The van der Waals surface area contributed by atoms with Crippen molar-refractivity contribution in [2.75, 3.05) is 18.1 Å². The van der Waals surface area contributed by atoms with E-state index < -0.39 is 69.8 Å². The number of esters is 3. The summed E-state index contributed by atoms with van der Waals surface area (Å²) in [5, 5.41) is -0.957. The van der Waals surface area contributed by atoms with Gasteiger partial charge in [-0.25, -0.2) is 4.79 Å². The molecule has 2 aliphatic carbocycles. The summed E-state index contributed by atoms with van der Waals surface area (Å²) in [7, 11) is -2.74. The van der Waals surface area contributed by atoms with Gasteiger partial charge in [0.1, 0.15) is 21.4 Å². The van der Waals surface area contributed by atoms with Crippen molar-refractivity contribution in [2.24, 2.45) is 17.8 Å². The molecule has 2 bridgehead atoms. The Hall–Kier alpha value is -0.220. The largest absolute Gasteiger partial charge is 0.469 e. The molecule has 2 saturated carbocycles. The summed E-state index contributed by atoms with van der Waals surface area (Å²) < 4.78 is 44.7. The number of fused-ring (bicyclic) bond motifs is 1. The number of halogens is 2. The number of ether oxygens (including phenoxy) is 3. The van der Waals surface area contributed by atoms with Crippen molar-refractivity contribution in [3.05, 3.63) is 0 Å². The van der Waals surface area contributed by atoms with E-state index in [0.717, 1.165) is 0 Å². The van der Waals surface area contributed by atoms with Gasteiger partial charge in [-0.1, -0.05) is 45.2 Å². The van der Waals surface area contributed by atoms with Crippen LogP contribution in [0.4, 0.5) is 0 Å². The molecule has 7 unspecified atom stereocenters. The number of carbonyl (C=O) groups is 3. The Kier molecular flexibility index (Phi) is 6.04. The van der Waals surface area contributed by atoms with Crippen LogP contribution in [0.1, 0.15) is 6.42 Å². The van der Waals surface area contributed by atoms with E-state index in [9.17, 15) is 22.8 Å². The highest BCUT2D eigenvalue weighted by atomic mass is 127. The molecule has 0 aromatic carbocycles. The molecule has 1 saturated heterocycles. The van der Waals surface area contributed by atoms with Gasteiger partial charge in [-0.15, -0.1) is 0 Å². The summed E-state index contributed by atoms with van der Waals surface area (Å²) in [6.45, 7) is -0.575. The normalized spacial score (nSPS) is 37.2. The van der Waals surface area contributed by atoms with E-state index in [2.05, 4.69) is 0 Å². The molecule has 0 aromatic heterocycles. The van der Waals surface area contributed by atoms with E-state index in [4.69, 9.17) is 18.4 Å². The third-order valence-electron chi connectivity index (χ3n) is 4.99. The summed E-state index contributed by atoms with van der Waals surface area (Å²) in [5.41, 5.74) is 0. The van der Waals surface area contributed by atoms with Crippen molar-refractivity contribution in [1.29, 1.82) is 0 Å². The summed E-state index contributed by atoms with van der Waals surface area (Å²) in [5.74, 6) is -3.82. The molecular weight excluding hydrogens is 598 g/mol. The minimum Gasteiger partial charge on any atom is -0.469 e. The molecule has 0 amide bonds. The van der Waals surface area contributed by atoms with Gasteiger partial charge in [-0.2, -0.15) is 8.42 Å². The zero-order valence-corrected chi connectivity index (χ0v) is 18.6. The average Bonchev–Trinajstić information content (AvgIpc) is 3.20. The Morgan fingerprint density at radius 3 is 2.58 bits per heavy atom. The smallest absolute Gasteiger partial charge is 0.344 e. The lowest BCUT2D eigenvalue weighted by Crippen LogP contribution is -2.46. The highest BCUT2D eigenvalue weighted by molar-refractivity contribution is 14.1. The molecule has 7 atom stereocenters. The molecule has 9 nitrogen and oxygen atoms in total. The predicted molar refractivity (Wildman–Crippen MR) is 102 cm³/mol. The van der Waals surface area contributed by atoms with Crippen molar-refractivity contribution < 1.29 is 41.2 Å². The highest BCUT2D eigenvalue weighted by Crippen LogP contribution is 2.58. The standard InChI is InChI=1S/C14H16I2O9S/c1-22-14(19)9-5-2-6-11(25-26(20,21)12(6)9)10(5)24-8(17)4-23-13(18)7(16)3-15/h5-7,9-12H,2-4H2,1H3. The number of hydrogen-bond donors (Lipinski definition) is 0. The third-order valence-corrected chi connectivity index (χ3v) is 10.3. The van der Waals surface area contributed by atoms with Crippen LogP contribution in [0.5, 0.6) is 0 Å².